The molecule has 0 aromatic carbocycles. The smallest absolute Gasteiger partial charge is 0.0233 e. The van der Waals surface area contributed by atoms with Crippen LogP contribution in [0, 0.1) is 0 Å². The third-order valence-electron chi connectivity index (χ3n) is 3.82. The van der Waals surface area contributed by atoms with Gasteiger partial charge in [-0.2, -0.15) is 0 Å². The van der Waals surface area contributed by atoms with Crippen molar-refractivity contribution in [3.8, 4) is 0 Å². The van der Waals surface area contributed by atoms with Crippen LogP contribution in [0.3, 0.4) is 0 Å². The molecule has 1 fully saturated rings. The van der Waals surface area contributed by atoms with Gasteiger partial charge < -0.3 is 4.90 Å². The molecule has 0 aliphatic carbocycles. The Hall–Kier alpha value is -1.12. The van der Waals surface area contributed by atoms with Gasteiger partial charge in [-0.25, -0.2) is 0 Å². The first-order valence-corrected chi connectivity index (χ1v) is 7.54. The number of hydrogen-bond acceptors (Lipinski definition) is 2. The topological polar surface area (TPSA) is 6.48 Å². The van der Waals surface area contributed by atoms with E-state index in [1.54, 1.807) is 0 Å². The average molecular weight is 274 g/mol. The Kier molecular flexibility index (Phi) is 7.56. The number of likely N-dealkylation sites (tertiary alicyclic amines) is 1. The standard InChI is InChI=1S/C18H30N2/c1-6-8-17(10-7-9-16(2)3)15-20-13-11-18(12-14-20)19(4)5/h6-8,10,18H,1-2,9,11-15H2,3-5H3/b10-7-,17-8+. The fraction of sp³-hybridized carbons (Fsp3) is 0.556. The summed E-state index contributed by atoms with van der Waals surface area (Å²) in [5.41, 5.74) is 2.54. The van der Waals surface area contributed by atoms with E-state index < -0.39 is 0 Å². The van der Waals surface area contributed by atoms with Crippen molar-refractivity contribution in [3.63, 3.8) is 0 Å². The Morgan fingerprint density at radius 3 is 2.45 bits per heavy atom. The SMILES string of the molecule is C=C/C=C(\C=C/CC(=C)C)CN1CCC(N(C)C)CC1. The lowest BCUT2D eigenvalue weighted by Crippen LogP contribution is -2.42. The van der Waals surface area contributed by atoms with Crippen LogP contribution in [-0.2, 0) is 0 Å². The summed E-state index contributed by atoms with van der Waals surface area (Å²) in [5, 5.41) is 0. The molecule has 1 saturated heterocycles. The van der Waals surface area contributed by atoms with E-state index in [1.807, 2.05) is 6.08 Å². The number of allylic oxidation sites excluding steroid dienone is 4. The van der Waals surface area contributed by atoms with Crippen molar-refractivity contribution in [1.82, 2.24) is 9.80 Å². The van der Waals surface area contributed by atoms with Gasteiger partial charge in [0, 0.05) is 12.6 Å². The van der Waals surface area contributed by atoms with Crippen LogP contribution in [0.25, 0.3) is 0 Å². The van der Waals surface area contributed by atoms with E-state index >= 15 is 0 Å². The summed E-state index contributed by atoms with van der Waals surface area (Å²) in [6.45, 7) is 13.2. The molecule has 0 atom stereocenters. The summed E-state index contributed by atoms with van der Waals surface area (Å²) in [6.07, 6.45) is 11.9. The van der Waals surface area contributed by atoms with Crippen LogP contribution in [0.2, 0.25) is 0 Å². The van der Waals surface area contributed by atoms with Gasteiger partial charge >= 0.3 is 0 Å². The highest BCUT2D eigenvalue weighted by molar-refractivity contribution is 5.25. The first kappa shape index (κ1) is 16.9. The largest absolute Gasteiger partial charge is 0.306 e. The van der Waals surface area contributed by atoms with E-state index in [4.69, 9.17) is 0 Å². The van der Waals surface area contributed by atoms with E-state index in [0.717, 1.165) is 19.0 Å². The summed E-state index contributed by atoms with van der Waals surface area (Å²) in [5.74, 6) is 0. The van der Waals surface area contributed by atoms with Gasteiger partial charge in [-0.3, -0.25) is 4.90 Å². The van der Waals surface area contributed by atoms with Crippen LogP contribution in [-0.4, -0.2) is 49.6 Å². The quantitative estimate of drug-likeness (QED) is 0.516. The molecular weight excluding hydrogens is 244 g/mol. The predicted molar refractivity (Wildman–Crippen MR) is 90.0 cm³/mol. The molecule has 112 valence electrons. The highest BCUT2D eigenvalue weighted by Crippen LogP contribution is 2.16. The molecule has 0 aromatic heterocycles. The molecule has 0 aromatic rings. The van der Waals surface area contributed by atoms with Crippen molar-refractivity contribution in [1.29, 1.82) is 0 Å². The zero-order valence-electron chi connectivity index (χ0n) is 13.4. The Labute approximate surface area is 125 Å². The van der Waals surface area contributed by atoms with Gasteiger partial charge in [0.2, 0.25) is 0 Å². The summed E-state index contributed by atoms with van der Waals surface area (Å²) < 4.78 is 0. The number of piperidine rings is 1. The van der Waals surface area contributed by atoms with Gasteiger partial charge in [-0.1, -0.05) is 43.0 Å². The number of rotatable bonds is 7. The fourth-order valence-corrected chi connectivity index (χ4v) is 2.58. The molecule has 2 heteroatoms. The van der Waals surface area contributed by atoms with Crippen LogP contribution >= 0.6 is 0 Å². The summed E-state index contributed by atoms with van der Waals surface area (Å²) in [6, 6.07) is 0.747. The number of hydrogen-bond donors (Lipinski definition) is 0. The van der Waals surface area contributed by atoms with E-state index in [2.05, 4.69) is 62.2 Å². The van der Waals surface area contributed by atoms with E-state index in [0.29, 0.717) is 0 Å². The molecule has 0 saturated carbocycles. The molecule has 1 aliphatic rings. The summed E-state index contributed by atoms with van der Waals surface area (Å²) in [4.78, 5) is 4.89. The Balaban J connectivity index is 2.47. The highest BCUT2D eigenvalue weighted by Gasteiger charge is 2.20. The molecule has 0 amide bonds. The normalized spacial score (nSPS) is 18.9. The maximum Gasteiger partial charge on any atom is 0.0233 e. The van der Waals surface area contributed by atoms with Gasteiger partial charge in [-0.05, 0) is 58.9 Å². The van der Waals surface area contributed by atoms with Crippen LogP contribution < -0.4 is 0 Å². The van der Waals surface area contributed by atoms with Crippen molar-refractivity contribution >= 4 is 0 Å². The minimum Gasteiger partial charge on any atom is -0.306 e. The minimum atomic E-state index is 0.747. The van der Waals surface area contributed by atoms with Crippen LogP contribution in [0.4, 0.5) is 0 Å². The van der Waals surface area contributed by atoms with Crippen molar-refractivity contribution in [3.05, 3.63) is 48.6 Å². The van der Waals surface area contributed by atoms with Crippen LogP contribution in [0.15, 0.2) is 48.6 Å². The Bertz CT molecular complexity index is 369. The maximum atomic E-state index is 3.93. The Morgan fingerprint density at radius 1 is 1.30 bits per heavy atom. The van der Waals surface area contributed by atoms with Crippen molar-refractivity contribution in [2.75, 3.05) is 33.7 Å². The van der Waals surface area contributed by atoms with Gasteiger partial charge in [-0.15, -0.1) is 0 Å². The zero-order chi connectivity index (χ0) is 15.0. The van der Waals surface area contributed by atoms with Crippen molar-refractivity contribution < 1.29 is 0 Å². The third kappa shape index (κ3) is 6.36. The predicted octanol–water partition coefficient (Wildman–Crippen LogP) is 3.65. The molecule has 0 unspecified atom stereocenters. The van der Waals surface area contributed by atoms with E-state index in [9.17, 15) is 0 Å². The molecule has 0 bridgehead atoms. The first-order valence-electron chi connectivity index (χ1n) is 7.54. The second kappa shape index (κ2) is 8.93. The molecule has 1 heterocycles. The number of nitrogens with zero attached hydrogens (tertiary/aromatic N) is 2. The molecule has 0 radical (unpaired) electrons. The lowest BCUT2D eigenvalue weighted by molar-refractivity contribution is 0.153. The molecule has 0 N–H and O–H groups in total. The summed E-state index contributed by atoms with van der Waals surface area (Å²) >= 11 is 0. The third-order valence-corrected chi connectivity index (χ3v) is 3.82. The van der Waals surface area contributed by atoms with E-state index in [1.165, 1.54) is 37.1 Å². The van der Waals surface area contributed by atoms with Crippen molar-refractivity contribution in [2.24, 2.45) is 0 Å². The first-order chi connectivity index (χ1) is 9.52. The van der Waals surface area contributed by atoms with Crippen LogP contribution in [0.5, 0.6) is 0 Å². The van der Waals surface area contributed by atoms with Crippen molar-refractivity contribution in [2.45, 2.75) is 32.2 Å². The lowest BCUT2D eigenvalue weighted by atomic mass is 10.0. The van der Waals surface area contributed by atoms with Gasteiger partial charge in [0.1, 0.15) is 0 Å². The average Bonchev–Trinajstić information content (AvgIpc) is 2.39. The molecule has 20 heavy (non-hydrogen) atoms. The second-order valence-corrected chi connectivity index (χ2v) is 6.01. The van der Waals surface area contributed by atoms with E-state index in [-0.39, 0.29) is 0 Å². The molecule has 0 spiro atoms. The molecule has 1 rings (SSSR count). The molecular formula is C18H30N2. The fourth-order valence-electron chi connectivity index (χ4n) is 2.58. The summed E-state index contributed by atoms with van der Waals surface area (Å²) in [7, 11) is 4.37. The second-order valence-electron chi connectivity index (χ2n) is 6.01. The maximum absolute atomic E-state index is 3.93. The van der Waals surface area contributed by atoms with Gasteiger partial charge in [0.05, 0.1) is 0 Å². The van der Waals surface area contributed by atoms with Gasteiger partial charge in [0.25, 0.3) is 0 Å². The molecule has 1 aliphatic heterocycles. The molecule has 2 nitrogen and oxygen atoms in total. The lowest BCUT2D eigenvalue weighted by Gasteiger charge is -2.35. The Morgan fingerprint density at radius 2 is 1.95 bits per heavy atom. The van der Waals surface area contributed by atoms with Crippen LogP contribution in [0.1, 0.15) is 26.2 Å². The minimum absolute atomic E-state index is 0.747. The monoisotopic (exact) mass is 274 g/mol. The van der Waals surface area contributed by atoms with Gasteiger partial charge in [0.15, 0.2) is 0 Å². The highest BCUT2D eigenvalue weighted by atomic mass is 15.2. The zero-order valence-corrected chi connectivity index (χ0v) is 13.4.